The van der Waals surface area contributed by atoms with Crippen LogP contribution in [0.5, 0.6) is 11.5 Å². The lowest BCUT2D eigenvalue weighted by Gasteiger charge is -2.34. The molecule has 19 nitrogen and oxygen atoms in total. The van der Waals surface area contributed by atoms with Crippen LogP contribution in [0.25, 0.3) is 6.08 Å². The average molecular weight is 661 g/mol. The van der Waals surface area contributed by atoms with Gasteiger partial charge in [-0.25, -0.2) is 0 Å². The highest BCUT2D eigenvalue weighted by atomic mass is 16.4. The second-order valence-corrected chi connectivity index (χ2v) is 10.0. The summed E-state index contributed by atoms with van der Waals surface area (Å²) in [4.78, 5) is 53.0. The lowest BCUT2D eigenvalue weighted by atomic mass is 9.71. The minimum absolute atomic E-state index is 0.0159. The third-order valence-corrected chi connectivity index (χ3v) is 6.92. The van der Waals surface area contributed by atoms with Gasteiger partial charge < -0.3 is 76.6 Å². The summed E-state index contributed by atoms with van der Waals surface area (Å²) in [5, 5.41) is 149. The Morgan fingerprint density at radius 1 is 0.739 bits per heavy atom. The number of hydrogen-bond donors (Lipinski definition) is 15. The maximum atomic E-state index is 13.4. The van der Waals surface area contributed by atoms with Gasteiger partial charge in [0.2, 0.25) is 23.1 Å². The van der Waals surface area contributed by atoms with Crippen molar-refractivity contribution in [3.05, 3.63) is 52.5 Å². The molecule has 1 aromatic rings. The fourth-order valence-electron chi connectivity index (χ4n) is 4.11. The summed E-state index contributed by atoms with van der Waals surface area (Å²) in [6, 6.07) is 3.06. The molecule has 0 aromatic heterocycles. The molecule has 0 radical (unpaired) electrons. The molecule has 0 fully saturated rings. The lowest BCUT2D eigenvalue weighted by molar-refractivity contribution is -0.170. The van der Waals surface area contributed by atoms with Crippen molar-refractivity contribution in [3.63, 3.8) is 0 Å². The number of allylic oxidation sites excluding steroid dienone is 2. The monoisotopic (exact) mass is 660 g/mol. The van der Waals surface area contributed by atoms with Crippen LogP contribution in [-0.4, -0.2) is 167 Å². The molecular formula is C27H32O19. The first-order valence-electron chi connectivity index (χ1n) is 12.9. The molecule has 1 aliphatic rings. The summed E-state index contributed by atoms with van der Waals surface area (Å²) in [6.07, 6.45) is -19.9. The number of rotatable bonds is 14. The van der Waals surface area contributed by atoms with E-state index in [0.29, 0.717) is 6.08 Å². The van der Waals surface area contributed by atoms with E-state index >= 15 is 0 Å². The molecule has 2 rings (SSSR count). The van der Waals surface area contributed by atoms with Gasteiger partial charge in [-0.05, 0) is 23.8 Å². The summed E-state index contributed by atoms with van der Waals surface area (Å²) >= 11 is 0. The fourth-order valence-corrected chi connectivity index (χ4v) is 4.11. The van der Waals surface area contributed by atoms with Crippen molar-refractivity contribution in [2.24, 2.45) is 0 Å². The maximum absolute atomic E-state index is 13.4. The minimum atomic E-state index is -4.37. The highest BCUT2D eigenvalue weighted by Crippen LogP contribution is 2.35. The topological polar surface area (TPSA) is 372 Å². The Morgan fingerprint density at radius 3 is 1.72 bits per heavy atom. The summed E-state index contributed by atoms with van der Waals surface area (Å²) in [5.74, 6) is -13.8. The summed E-state index contributed by atoms with van der Waals surface area (Å²) in [6.45, 7) is -2.48. The van der Waals surface area contributed by atoms with Gasteiger partial charge in [0, 0.05) is 0 Å². The molecule has 1 aromatic carbocycles. The van der Waals surface area contributed by atoms with Crippen molar-refractivity contribution in [3.8, 4) is 11.5 Å². The van der Waals surface area contributed by atoms with Crippen LogP contribution < -0.4 is 0 Å². The number of phenols is 2. The fraction of sp³-hybridized carbons (Fsp3) is 0.407. The van der Waals surface area contributed by atoms with Crippen LogP contribution in [0.2, 0.25) is 0 Å². The molecule has 1 unspecified atom stereocenters. The van der Waals surface area contributed by atoms with Crippen molar-refractivity contribution >= 4 is 29.2 Å². The van der Waals surface area contributed by atoms with E-state index in [4.69, 9.17) is 10.2 Å². The Bertz CT molecular complexity index is 1450. The molecule has 254 valence electrons. The second kappa shape index (κ2) is 15.0. The first-order chi connectivity index (χ1) is 21.3. The van der Waals surface area contributed by atoms with Gasteiger partial charge in [-0.2, -0.15) is 0 Å². The zero-order valence-electron chi connectivity index (χ0n) is 23.3. The van der Waals surface area contributed by atoms with Crippen LogP contribution in [0.1, 0.15) is 5.56 Å². The predicted octanol–water partition coefficient (Wildman–Crippen LogP) is -6.37. The summed E-state index contributed by atoms with van der Waals surface area (Å²) in [5.41, 5.74) is -7.93. The SMILES string of the molecule is O=C(C1=C(O)C(=C(O)/C=C/c2ccc(O)c(O)c2)C(=O)C(O)(C(=O)[C@H](O)[C@@H](O)[C@H](O)[C@H](O)CO)C1=O)[C@H](O)[C@@H](O)[C@H](O)[C@H](O)CO. The van der Waals surface area contributed by atoms with Gasteiger partial charge in [0.25, 0.3) is 5.60 Å². The van der Waals surface area contributed by atoms with E-state index in [1.54, 1.807) is 0 Å². The molecule has 0 heterocycles. The van der Waals surface area contributed by atoms with Gasteiger partial charge in [0.1, 0.15) is 71.5 Å². The molecule has 19 heteroatoms. The van der Waals surface area contributed by atoms with Crippen LogP contribution in [-0.2, 0) is 19.2 Å². The van der Waals surface area contributed by atoms with Crippen LogP contribution in [0.15, 0.2) is 46.9 Å². The third kappa shape index (κ3) is 7.14. The number of aliphatic hydroxyl groups is 13. The Balaban J connectivity index is 2.80. The predicted molar refractivity (Wildman–Crippen MR) is 145 cm³/mol. The van der Waals surface area contributed by atoms with Gasteiger partial charge in [-0.15, -0.1) is 0 Å². The van der Waals surface area contributed by atoms with E-state index in [-0.39, 0.29) is 5.56 Å². The molecular weight excluding hydrogens is 628 g/mol. The van der Waals surface area contributed by atoms with Crippen LogP contribution in [0.3, 0.4) is 0 Å². The zero-order chi connectivity index (χ0) is 35.4. The van der Waals surface area contributed by atoms with E-state index in [1.807, 2.05) is 0 Å². The van der Waals surface area contributed by atoms with E-state index in [1.165, 1.54) is 0 Å². The molecule has 1 aliphatic carbocycles. The number of ketones is 4. The number of aromatic hydroxyl groups is 2. The zero-order valence-corrected chi connectivity index (χ0v) is 23.3. The number of phenolic OH excluding ortho intramolecular Hbond substituents is 2. The van der Waals surface area contributed by atoms with Gasteiger partial charge in [-0.1, -0.05) is 12.1 Å². The highest BCUT2D eigenvalue weighted by molar-refractivity contribution is 6.44. The van der Waals surface area contributed by atoms with Crippen molar-refractivity contribution in [1.29, 1.82) is 0 Å². The Labute approximate surface area is 257 Å². The summed E-state index contributed by atoms with van der Waals surface area (Å²) < 4.78 is 0. The van der Waals surface area contributed by atoms with Gasteiger partial charge >= 0.3 is 0 Å². The molecule has 0 spiro atoms. The lowest BCUT2D eigenvalue weighted by Crippen LogP contribution is -2.64. The van der Waals surface area contributed by atoms with Crippen molar-refractivity contribution in [1.82, 2.24) is 0 Å². The first-order valence-corrected chi connectivity index (χ1v) is 12.9. The van der Waals surface area contributed by atoms with Crippen LogP contribution in [0, 0.1) is 0 Å². The molecule has 0 saturated heterocycles. The van der Waals surface area contributed by atoms with Gasteiger partial charge in [0.15, 0.2) is 11.5 Å². The number of benzene rings is 1. The Kier molecular flexibility index (Phi) is 12.4. The van der Waals surface area contributed by atoms with Crippen molar-refractivity contribution in [2.45, 2.75) is 54.4 Å². The number of carbonyl (C=O) groups is 4. The van der Waals surface area contributed by atoms with Crippen molar-refractivity contribution < 1.29 is 95.8 Å². The first kappa shape index (κ1) is 38.1. The number of hydrogen-bond acceptors (Lipinski definition) is 19. The van der Waals surface area contributed by atoms with Crippen molar-refractivity contribution in [2.75, 3.05) is 13.2 Å². The quantitative estimate of drug-likeness (QED) is 0.0290. The Morgan fingerprint density at radius 2 is 1.24 bits per heavy atom. The smallest absolute Gasteiger partial charge is 0.253 e. The molecule has 0 aliphatic heterocycles. The van der Waals surface area contributed by atoms with Crippen LogP contribution >= 0.6 is 0 Å². The molecule has 46 heavy (non-hydrogen) atoms. The number of aliphatic hydroxyl groups excluding tert-OH is 12. The highest BCUT2D eigenvalue weighted by Gasteiger charge is 2.62. The van der Waals surface area contributed by atoms with E-state index in [0.717, 1.165) is 24.3 Å². The standard InChI is InChI=1S/C27H32O19/c28-6-12(33)16(35)20(39)22(41)19(38)15-18(37)14(10(31)4-2-8-1-3-9(30)11(32)5-8)24(43)27(46,25(15)44)26(45)23(42)21(40)17(36)13(34)7-29/h1-5,12-13,16-17,20-23,28-37,39-42,46H,6-7H2/b4-2+,14-10?/t12-,13-,16-,17-,20+,21+,22+,23-,27?/m1/s1. The molecule has 9 atom stereocenters. The molecule has 15 N–H and O–H groups in total. The number of carbonyl (C=O) groups excluding carboxylic acids is 4. The summed E-state index contributed by atoms with van der Waals surface area (Å²) in [7, 11) is 0. The minimum Gasteiger partial charge on any atom is -0.507 e. The average Bonchev–Trinajstić information content (AvgIpc) is 3.04. The Hall–Kier alpha value is -4.12. The normalized spacial score (nSPS) is 23.8. The van der Waals surface area contributed by atoms with E-state index < -0.39 is 125 Å². The van der Waals surface area contributed by atoms with E-state index in [9.17, 15) is 85.6 Å². The second-order valence-electron chi connectivity index (χ2n) is 10.0. The van der Waals surface area contributed by atoms with E-state index in [2.05, 4.69) is 0 Å². The molecule has 0 bridgehead atoms. The maximum Gasteiger partial charge on any atom is 0.253 e. The van der Waals surface area contributed by atoms with Gasteiger partial charge in [-0.3, -0.25) is 19.2 Å². The molecule has 0 saturated carbocycles. The van der Waals surface area contributed by atoms with Gasteiger partial charge in [0.05, 0.1) is 13.2 Å². The number of Topliss-reactive ketones (excluding diaryl/α,β-unsaturated/α-hetero) is 4. The molecule has 0 amide bonds. The van der Waals surface area contributed by atoms with Crippen LogP contribution in [0.4, 0.5) is 0 Å². The third-order valence-electron chi connectivity index (χ3n) is 6.92. The largest absolute Gasteiger partial charge is 0.507 e.